The highest BCUT2D eigenvalue weighted by molar-refractivity contribution is 5.86. The summed E-state index contributed by atoms with van der Waals surface area (Å²) >= 11 is 0. The fraction of sp³-hybridized carbons (Fsp3) is 0.625. The molecule has 0 radical (unpaired) electrons. The lowest BCUT2D eigenvalue weighted by molar-refractivity contribution is -0.116. The van der Waals surface area contributed by atoms with E-state index in [2.05, 4.69) is 11.9 Å². The second kappa shape index (κ2) is 4.91. The van der Waals surface area contributed by atoms with Crippen LogP contribution in [0.1, 0.15) is 6.92 Å². The van der Waals surface area contributed by atoms with Gasteiger partial charge in [0.1, 0.15) is 0 Å². The number of carbonyl (C=O) groups is 1. The van der Waals surface area contributed by atoms with Gasteiger partial charge in [-0.3, -0.25) is 4.79 Å². The van der Waals surface area contributed by atoms with E-state index in [0.29, 0.717) is 12.6 Å². The fourth-order valence-corrected chi connectivity index (χ4v) is 0.503. The molecule has 0 bridgehead atoms. The van der Waals surface area contributed by atoms with Crippen molar-refractivity contribution in [2.24, 2.45) is 0 Å². The maximum absolute atomic E-state index is 10.7. The van der Waals surface area contributed by atoms with Gasteiger partial charge in [0, 0.05) is 12.6 Å². The van der Waals surface area contributed by atoms with Crippen LogP contribution in [0.2, 0.25) is 0 Å². The lowest BCUT2D eigenvalue weighted by Gasteiger charge is -2.19. The summed E-state index contributed by atoms with van der Waals surface area (Å²) in [5, 5.41) is 2.71. The van der Waals surface area contributed by atoms with E-state index in [0.717, 1.165) is 0 Å². The largest absolute Gasteiger partial charge is 0.351 e. The average Bonchev–Trinajstić information content (AvgIpc) is 1.99. The quantitative estimate of drug-likeness (QED) is 0.591. The normalized spacial score (nSPS) is 12.7. The van der Waals surface area contributed by atoms with Crippen LogP contribution >= 0.6 is 0 Å². The Hall–Kier alpha value is -0.830. The van der Waals surface area contributed by atoms with E-state index in [1.807, 2.05) is 25.9 Å². The summed E-state index contributed by atoms with van der Waals surface area (Å²) in [5.41, 5.74) is 0. The van der Waals surface area contributed by atoms with Crippen molar-refractivity contribution in [2.75, 3.05) is 20.6 Å². The van der Waals surface area contributed by atoms with Crippen LogP contribution in [0.3, 0.4) is 0 Å². The Morgan fingerprint density at radius 2 is 2.27 bits per heavy atom. The Balaban J connectivity index is 3.53. The number of nitrogens with zero attached hydrogens (tertiary/aromatic N) is 1. The Kier molecular flexibility index (Phi) is 4.54. The number of likely N-dealkylation sites (N-methyl/N-ethyl adjacent to an activating group) is 1. The minimum absolute atomic E-state index is 0.112. The van der Waals surface area contributed by atoms with Crippen LogP contribution in [0.25, 0.3) is 0 Å². The summed E-state index contributed by atoms with van der Waals surface area (Å²) < 4.78 is 0. The van der Waals surface area contributed by atoms with Gasteiger partial charge in [-0.1, -0.05) is 6.58 Å². The molecule has 3 nitrogen and oxygen atoms in total. The van der Waals surface area contributed by atoms with E-state index < -0.39 is 0 Å². The van der Waals surface area contributed by atoms with Crippen molar-refractivity contribution in [3.63, 3.8) is 0 Å². The van der Waals surface area contributed by atoms with Gasteiger partial charge in [0.15, 0.2) is 0 Å². The van der Waals surface area contributed by atoms with Gasteiger partial charge in [-0.05, 0) is 27.1 Å². The van der Waals surface area contributed by atoms with E-state index >= 15 is 0 Å². The van der Waals surface area contributed by atoms with Gasteiger partial charge >= 0.3 is 0 Å². The topological polar surface area (TPSA) is 32.3 Å². The van der Waals surface area contributed by atoms with Crippen molar-refractivity contribution in [2.45, 2.75) is 13.0 Å². The maximum atomic E-state index is 10.7. The molecule has 0 heterocycles. The van der Waals surface area contributed by atoms with E-state index in [1.165, 1.54) is 6.08 Å². The first kappa shape index (κ1) is 10.2. The number of amides is 1. The highest BCUT2D eigenvalue weighted by Gasteiger charge is 2.03. The van der Waals surface area contributed by atoms with Gasteiger partial charge in [-0.2, -0.15) is 0 Å². The second-order valence-corrected chi connectivity index (χ2v) is 2.76. The van der Waals surface area contributed by atoms with Crippen molar-refractivity contribution in [1.82, 2.24) is 10.2 Å². The first-order valence-electron chi connectivity index (χ1n) is 3.64. The van der Waals surface area contributed by atoms with Crippen LogP contribution in [-0.2, 0) is 4.79 Å². The van der Waals surface area contributed by atoms with E-state index in [9.17, 15) is 4.79 Å². The highest BCUT2D eigenvalue weighted by Crippen LogP contribution is 1.87. The van der Waals surface area contributed by atoms with Crippen molar-refractivity contribution < 1.29 is 4.79 Å². The Labute approximate surface area is 68.1 Å². The number of rotatable bonds is 4. The monoisotopic (exact) mass is 156 g/mol. The number of nitrogens with one attached hydrogen (secondary N) is 1. The van der Waals surface area contributed by atoms with Crippen molar-refractivity contribution >= 4 is 5.91 Å². The zero-order chi connectivity index (χ0) is 8.85. The predicted molar refractivity (Wildman–Crippen MR) is 46.4 cm³/mol. The minimum atomic E-state index is -0.112. The maximum Gasteiger partial charge on any atom is 0.243 e. The average molecular weight is 156 g/mol. The van der Waals surface area contributed by atoms with Gasteiger partial charge in [-0.25, -0.2) is 0 Å². The van der Waals surface area contributed by atoms with E-state index in [1.54, 1.807) is 0 Å². The molecular weight excluding hydrogens is 140 g/mol. The zero-order valence-corrected chi connectivity index (χ0v) is 7.42. The molecule has 0 spiro atoms. The van der Waals surface area contributed by atoms with E-state index in [-0.39, 0.29) is 5.91 Å². The first-order valence-corrected chi connectivity index (χ1v) is 3.64. The Morgan fingerprint density at radius 1 is 1.73 bits per heavy atom. The van der Waals surface area contributed by atoms with Gasteiger partial charge in [-0.15, -0.1) is 0 Å². The molecule has 3 heteroatoms. The molecule has 1 atom stereocenters. The first-order chi connectivity index (χ1) is 5.07. The molecule has 64 valence electrons. The lowest BCUT2D eigenvalue weighted by atomic mass is 10.3. The van der Waals surface area contributed by atoms with Crippen LogP contribution in [-0.4, -0.2) is 37.5 Å². The lowest BCUT2D eigenvalue weighted by Crippen LogP contribution is -2.37. The number of carbonyl (C=O) groups excluding carboxylic acids is 1. The summed E-state index contributed by atoms with van der Waals surface area (Å²) in [4.78, 5) is 12.7. The molecule has 1 unspecified atom stereocenters. The van der Waals surface area contributed by atoms with Crippen molar-refractivity contribution in [3.8, 4) is 0 Å². The molecule has 11 heavy (non-hydrogen) atoms. The van der Waals surface area contributed by atoms with Crippen LogP contribution in [0.4, 0.5) is 0 Å². The molecule has 0 aromatic heterocycles. The highest BCUT2D eigenvalue weighted by atomic mass is 16.1. The molecule has 0 aliphatic carbocycles. The third-order valence-electron chi connectivity index (χ3n) is 1.64. The van der Waals surface area contributed by atoms with E-state index in [4.69, 9.17) is 0 Å². The summed E-state index contributed by atoms with van der Waals surface area (Å²) in [7, 11) is 3.95. The third-order valence-corrected chi connectivity index (χ3v) is 1.64. The summed E-state index contributed by atoms with van der Waals surface area (Å²) in [6.07, 6.45) is 1.28. The standard InChI is InChI=1S/C8H16N2O/c1-5-8(11)9-6-7(2)10(3)4/h5,7H,1,6H2,2-4H3,(H,9,11). The zero-order valence-electron chi connectivity index (χ0n) is 7.42. The molecule has 0 saturated carbocycles. The molecule has 1 amide bonds. The molecule has 0 fully saturated rings. The molecule has 0 aliphatic heterocycles. The van der Waals surface area contributed by atoms with Crippen LogP contribution in [0, 0.1) is 0 Å². The summed E-state index contributed by atoms with van der Waals surface area (Å²) in [5.74, 6) is -0.112. The van der Waals surface area contributed by atoms with Gasteiger partial charge in [0.2, 0.25) is 5.91 Å². The smallest absolute Gasteiger partial charge is 0.243 e. The van der Waals surface area contributed by atoms with Gasteiger partial charge in [0.05, 0.1) is 0 Å². The SMILES string of the molecule is C=CC(=O)NCC(C)N(C)C. The Morgan fingerprint density at radius 3 is 2.64 bits per heavy atom. The van der Waals surface area contributed by atoms with Crippen LogP contribution in [0.15, 0.2) is 12.7 Å². The molecule has 1 N–H and O–H groups in total. The fourth-order valence-electron chi connectivity index (χ4n) is 0.503. The van der Waals surface area contributed by atoms with Gasteiger partial charge in [0.25, 0.3) is 0 Å². The summed E-state index contributed by atoms with van der Waals surface area (Å²) in [6.45, 7) is 6.07. The third kappa shape index (κ3) is 4.56. The second-order valence-electron chi connectivity index (χ2n) is 2.76. The number of hydrogen-bond acceptors (Lipinski definition) is 2. The van der Waals surface area contributed by atoms with Crippen molar-refractivity contribution in [3.05, 3.63) is 12.7 Å². The molecule has 0 aromatic carbocycles. The Bertz CT molecular complexity index is 143. The molecular formula is C8H16N2O. The van der Waals surface area contributed by atoms with Gasteiger partial charge < -0.3 is 10.2 Å². The minimum Gasteiger partial charge on any atom is -0.351 e. The molecule has 0 aromatic rings. The molecule has 0 saturated heterocycles. The predicted octanol–water partition coefficient (Wildman–Crippen LogP) is 0.239. The van der Waals surface area contributed by atoms with Crippen LogP contribution in [0.5, 0.6) is 0 Å². The molecule has 0 rings (SSSR count). The van der Waals surface area contributed by atoms with Crippen LogP contribution < -0.4 is 5.32 Å². The number of hydrogen-bond donors (Lipinski definition) is 1. The molecule has 0 aliphatic rings. The summed E-state index contributed by atoms with van der Waals surface area (Å²) in [6, 6.07) is 0.360. The van der Waals surface area contributed by atoms with Crippen molar-refractivity contribution in [1.29, 1.82) is 0 Å².